The van der Waals surface area contributed by atoms with Gasteiger partial charge in [-0.1, -0.05) is 23.7 Å². The fraction of sp³-hybridized carbons (Fsp3) is 0.478. The van der Waals surface area contributed by atoms with Gasteiger partial charge in [-0.15, -0.1) is 0 Å². The van der Waals surface area contributed by atoms with E-state index in [-0.39, 0.29) is 6.61 Å². The summed E-state index contributed by atoms with van der Waals surface area (Å²) >= 11 is 5.90. The molecule has 1 heterocycles. The van der Waals surface area contributed by atoms with E-state index in [1.807, 2.05) is 48.5 Å². The van der Waals surface area contributed by atoms with Gasteiger partial charge < -0.3 is 30.1 Å². The standard InChI is InChI=1S/C23H32ClN3O3/c1-29-22-4-2-3-5-23(22)30-17-21(28)16-27-14-10-20(11-15-27)26-13-12-25-19-8-6-18(24)7-9-19/h2-9,20-21,25-26,28H,10-17H2,1H3. The molecule has 0 aromatic heterocycles. The number of para-hydroxylation sites is 2. The van der Waals surface area contributed by atoms with E-state index in [0.29, 0.717) is 24.1 Å². The van der Waals surface area contributed by atoms with Crippen LogP contribution in [0.3, 0.4) is 0 Å². The summed E-state index contributed by atoms with van der Waals surface area (Å²) < 4.78 is 11.0. The second kappa shape index (κ2) is 12.0. The predicted molar refractivity (Wildman–Crippen MR) is 122 cm³/mol. The number of nitrogens with one attached hydrogen (secondary N) is 2. The summed E-state index contributed by atoms with van der Waals surface area (Å²) in [7, 11) is 1.62. The molecule has 0 spiro atoms. The first-order valence-corrected chi connectivity index (χ1v) is 10.9. The lowest BCUT2D eigenvalue weighted by Crippen LogP contribution is -2.46. The molecule has 164 valence electrons. The van der Waals surface area contributed by atoms with E-state index in [4.69, 9.17) is 21.1 Å². The number of piperidine rings is 1. The first-order chi connectivity index (χ1) is 14.6. The van der Waals surface area contributed by atoms with E-state index in [1.54, 1.807) is 7.11 Å². The summed E-state index contributed by atoms with van der Waals surface area (Å²) in [6.45, 7) is 4.64. The third-order valence-corrected chi connectivity index (χ3v) is 5.54. The molecule has 0 bridgehead atoms. The number of halogens is 1. The quantitative estimate of drug-likeness (QED) is 0.473. The van der Waals surface area contributed by atoms with Crippen molar-refractivity contribution in [3.05, 3.63) is 53.6 Å². The molecule has 7 heteroatoms. The zero-order valence-corrected chi connectivity index (χ0v) is 18.3. The zero-order chi connectivity index (χ0) is 21.2. The van der Waals surface area contributed by atoms with Crippen LogP contribution in [0.5, 0.6) is 11.5 Å². The van der Waals surface area contributed by atoms with Crippen molar-refractivity contribution < 1.29 is 14.6 Å². The summed E-state index contributed by atoms with van der Waals surface area (Å²) in [5, 5.41) is 18.1. The Hall–Kier alpha value is -1.99. The average Bonchev–Trinajstić information content (AvgIpc) is 2.78. The molecule has 1 saturated heterocycles. The third-order valence-electron chi connectivity index (χ3n) is 5.29. The van der Waals surface area contributed by atoms with Gasteiger partial charge in [-0.3, -0.25) is 0 Å². The number of aliphatic hydroxyl groups is 1. The monoisotopic (exact) mass is 433 g/mol. The lowest BCUT2D eigenvalue weighted by molar-refractivity contribution is 0.0572. The maximum Gasteiger partial charge on any atom is 0.161 e. The molecule has 6 nitrogen and oxygen atoms in total. The number of likely N-dealkylation sites (tertiary alicyclic amines) is 1. The Bertz CT molecular complexity index is 752. The molecule has 1 unspecified atom stereocenters. The Kier molecular flexibility index (Phi) is 9.08. The number of ether oxygens (including phenoxy) is 2. The van der Waals surface area contributed by atoms with Gasteiger partial charge in [-0.05, 0) is 62.3 Å². The molecule has 0 radical (unpaired) electrons. The number of benzene rings is 2. The molecule has 30 heavy (non-hydrogen) atoms. The van der Waals surface area contributed by atoms with Crippen LogP contribution in [0.2, 0.25) is 5.02 Å². The highest BCUT2D eigenvalue weighted by molar-refractivity contribution is 6.30. The van der Waals surface area contributed by atoms with E-state index < -0.39 is 6.10 Å². The zero-order valence-electron chi connectivity index (χ0n) is 17.5. The second-order valence-corrected chi connectivity index (χ2v) is 8.01. The molecule has 2 aromatic carbocycles. The van der Waals surface area contributed by atoms with Crippen molar-refractivity contribution >= 4 is 17.3 Å². The minimum Gasteiger partial charge on any atom is -0.493 e. The van der Waals surface area contributed by atoms with Crippen LogP contribution >= 0.6 is 11.6 Å². The van der Waals surface area contributed by atoms with Crippen LogP contribution in [-0.4, -0.2) is 68.6 Å². The third kappa shape index (κ3) is 7.36. The summed E-state index contributed by atoms with van der Waals surface area (Å²) in [4.78, 5) is 2.31. The number of hydrogen-bond donors (Lipinski definition) is 3. The van der Waals surface area contributed by atoms with Gasteiger partial charge in [-0.25, -0.2) is 0 Å². The predicted octanol–water partition coefficient (Wildman–Crippen LogP) is 3.25. The highest BCUT2D eigenvalue weighted by atomic mass is 35.5. The average molecular weight is 434 g/mol. The fourth-order valence-electron chi connectivity index (χ4n) is 3.65. The van der Waals surface area contributed by atoms with Crippen molar-refractivity contribution in [3.8, 4) is 11.5 Å². The minimum atomic E-state index is -0.525. The van der Waals surface area contributed by atoms with Gasteiger partial charge in [-0.2, -0.15) is 0 Å². The molecular weight excluding hydrogens is 402 g/mol. The SMILES string of the molecule is COc1ccccc1OCC(O)CN1CCC(NCCNc2ccc(Cl)cc2)CC1. The van der Waals surface area contributed by atoms with E-state index in [2.05, 4.69) is 15.5 Å². The van der Waals surface area contributed by atoms with Crippen LogP contribution < -0.4 is 20.1 Å². The smallest absolute Gasteiger partial charge is 0.161 e. The lowest BCUT2D eigenvalue weighted by Gasteiger charge is -2.33. The van der Waals surface area contributed by atoms with E-state index in [9.17, 15) is 5.11 Å². The summed E-state index contributed by atoms with van der Waals surface area (Å²) in [6, 6.07) is 15.8. The Morgan fingerprint density at radius 2 is 1.77 bits per heavy atom. The summed E-state index contributed by atoms with van der Waals surface area (Å²) in [5.74, 6) is 1.34. The van der Waals surface area contributed by atoms with Crippen molar-refractivity contribution in [1.82, 2.24) is 10.2 Å². The first-order valence-electron chi connectivity index (χ1n) is 10.5. The van der Waals surface area contributed by atoms with Gasteiger partial charge >= 0.3 is 0 Å². The molecule has 0 amide bonds. The van der Waals surface area contributed by atoms with Gasteiger partial charge in [0.1, 0.15) is 12.7 Å². The van der Waals surface area contributed by atoms with Crippen LogP contribution in [-0.2, 0) is 0 Å². The lowest BCUT2D eigenvalue weighted by atomic mass is 10.0. The van der Waals surface area contributed by atoms with E-state index >= 15 is 0 Å². The van der Waals surface area contributed by atoms with Crippen LogP contribution in [0.15, 0.2) is 48.5 Å². The molecule has 1 atom stereocenters. The van der Waals surface area contributed by atoms with Crippen LogP contribution in [0, 0.1) is 0 Å². The van der Waals surface area contributed by atoms with Crippen molar-refractivity contribution in [2.24, 2.45) is 0 Å². The van der Waals surface area contributed by atoms with Crippen molar-refractivity contribution in [2.45, 2.75) is 25.0 Å². The molecule has 1 aliphatic heterocycles. The molecule has 2 aromatic rings. The number of β-amino-alcohol motifs (C(OH)–C–C–N with tert-alkyl or cyclic N) is 1. The van der Waals surface area contributed by atoms with Gasteiger partial charge in [0, 0.05) is 36.4 Å². The Morgan fingerprint density at radius 3 is 2.47 bits per heavy atom. The Morgan fingerprint density at radius 1 is 1.07 bits per heavy atom. The Labute approximate surface area is 184 Å². The van der Waals surface area contributed by atoms with Crippen molar-refractivity contribution in [2.75, 3.05) is 51.8 Å². The van der Waals surface area contributed by atoms with E-state index in [1.165, 1.54) is 0 Å². The highest BCUT2D eigenvalue weighted by Gasteiger charge is 2.21. The largest absolute Gasteiger partial charge is 0.493 e. The van der Waals surface area contributed by atoms with Crippen LogP contribution in [0.25, 0.3) is 0 Å². The van der Waals surface area contributed by atoms with Gasteiger partial charge in [0.15, 0.2) is 11.5 Å². The first kappa shape index (κ1) is 22.7. The minimum absolute atomic E-state index is 0.259. The molecule has 0 saturated carbocycles. The maximum absolute atomic E-state index is 10.4. The summed E-state index contributed by atoms with van der Waals surface area (Å²) in [5.41, 5.74) is 1.08. The van der Waals surface area contributed by atoms with E-state index in [0.717, 1.165) is 49.7 Å². The maximum atomic E-state index is 10.4. The number of rotatable bonds is 11. The molecule has 3 N–H and O–H groups in total. The van der Waals surface area contributed by atoms with Crippen molar-refractivity contribution in [3.63, 3.8) is 0 Å². The van der Waals surface area contributed by atoms with Gasteiger partial charge in [0.05, 0.1) is 7.11 Å². The van der Waals surface area contributed by atoms with Crippen LogP contribution in [0.1, 0.15) is 12.8 Å². The number of hydrogen-bond acceptors (Lipinski definition) is 6. The molecule has 3 rings (SSSR count). The van der Waals surface area contributed by atoms with Crippen molar-refractivity contribution in [1.29, 1.82) is 0 Å². The highest BCUT2D eigenvalue weighted by Crippen LogP contribution is 2.25. The number of nitrogens with zero attached hydrogens (tertiary/aromatic N) is 1. The molecular formula is C23H32ClN3O3. The molecule has 0 aliphatic carbocycles. The number of aliphatic hydroxyl groups excluding tert-OH is 1. The molecule has 1 fully saturated rings. The van der Waals surface area contributed by atoms with Crippen LogP contribution in [0.4, 0.5) is 5.69 Å². The fourth-order valence-corrected chi connectivity index (χ4v) is 3.77. The number of anilines is 1. The normalized spacial score (nSPS) is 16.2. The van der Waals surface area contributed by atoms with Gasteiger partial charge in [0.2, 0.25) is 0 Å². The second-order valence-electron chi connectivity index (χ2n) is 7.58. The number of methoxy groups -OCH3 is 1. The molecule has 1 aliphatic rings. The Balaban J connectivity index is 1.28. The van der Waals surface area contributed by atoms with Gasteiger partial charge in [0.25, 0.3) is 0 Å². The summed E-state index contributed by atoms with van der Waals surface area (Å²) in [6.07, 6.45) is 1.64. The topological polar surface area (TPSA) is 66.0 Å².